The van der Waals surface area contributed by atoms with E-state index in [-0.39, 0.29) is 11.8 Å². The fourth-order valence-corrected chi connectivity index (χ4v) is 3.50. The van der Waals surface area contributed by atoms with Crippen LogP contribution in [0.4, 0.5) is 22.0 Å². The summed E-state index contributed by atoms with van der Waals surface area (Å²) < 4.78 is 13.5. The second-order valence-corrected chi connectivity index (χ2v) is 6.69. The second kappa shape index (κ2) is 6.45. The highest BCUT2D eigenvalue weighted by Crippen LogP contribution is 2.24. The topological polar surface area (TPSA) is 100 Å². The van der Waals surface area contributed by atoms with E-state index in [2.05, 4.69) is 24.8 Å². The molecule has 2 aromatic heterocycles. The maximum absolute atomic E-state index is 13.5. The summed E-state index contributed by atoms with van der Waals surface area (Å²) in [6, 6.07) is 6.62. The zero-order valence-electron chi connectivity index (χ0n) is 14.7. The predicted molar refractivity (Wildman–Crippen MR) is 101 cm³/mol. The quantitative estimate of drug-likeness (QED) is 0.663. The molecule has 0 radical (unpaired) electrons. The maximum atomic E-state index is 13.5. The molecule has 1 aliphatic heterocycles. The van der Waals surface area contributed by atoms with E-state index in [9.17, 15) is 4.39 Å². The van der Waals surface area contributed by atoms with Crippen molar-refractivity contribution in [2.45, 2.75) is 13.5 Å². The Kier molecular flexibility index (Phi) is 4.12. The largest absolute Gasteiger partial charge is 0.383 e. The van der Waals surface area contributed by atoms with Crippen molar-refractivity contribution in [2.75, 3.05) is 42.5 Å². The van der Waals surface area contributed by atoms with Crippen molar-refractivity contribution in [1.82, 2.24) is 19.9 Å². The number of H-pyrrole nitrogens is 1. The Morgan fingerprint density at radius 2 is 1.88 bits per heavy atom. The van der Waals surface area contributed by atoms with Gasteiger partial charge in [-0.15, -0.1) is 0 Å². The molecule has 1 aromatic carbocycles. The number of aromatic nitrogens is 3. The molecule has 8 heteroatoms. The Morgan fingerprint density at radius 1 is 1.12 bits per heavy atom. The SMILES string of the molecule is Cc1c(CN2CCN(c3cc(N)nc(N)n3)CC2)[nH]c2ccc(F)cc12. The Bertz CT molecular complexity index is 924. The van der Waals surface area contributed by atoms with E-state index < -0.39 is 0 Å². The number of anilines is 3. The van der Waals surface area contributed by atoms with Crippen LogP contribution in [0.5, 0.6) is 0 Å². The van der Waals surface area contributed by atoms with Crippen LogP contribution in [0.3, 0.4) is 0 Å². The Balaban J connectivity index is 1.45. The first kappa shape index (κ1) is 16.6. The fraction of sp³-hybridized carbons (Fsp3) is 0.333. The molecule has 0 bridgehead atoms. The number of nitrogens with two attached hydrogens (primary N) is 2. The summed E-state index contributed by atoms with van der Waals surface area (Å²) in [7, 11) is 0. The number of rotatable bonds is 3. The monoisotopic (exact) mass is 355 g/mol. The van der Waals surface area contributed by atoms with Gasteiger partial charge in [0.1, 0.15) is 17.5 Å². The van der Waals surface area contributed by atoms with E-state index in [0.29, 0.717) is 5.82 Å². The molecule has 5 N–H and O–H groups in total. The van der Waals surface area contributed by atoms with Gasteiger partial charge in [0.05, 0.1) is 0 Å². The minimum Gasteiger partial charge on any atom is -0.383 e. The van der Waals surface area contributed by atoms with Crippen LogP contribution in [0.2, 0.25) is 0 Å². The lowest BCUT2D eigenvalue weighted by Crippen LogP contribution is -2.46. The molecule has 0 atom stereocenters. The van der Waals surface area contributed by atoms with E-state index in [0.717, 1.165) is 60.7 Å². The summed E-state index contributed by atoms with van der Waals surface area (Å²) in [5.41, 5.74) is 14.7. The first-order valence-electron chi connectivity index (χ1n) is 8.63. The van der Waals surface area contributed by atoms with Crippen molar-refractivity contribution in [3.63, 3.8) is 0 Å². The van der Waals surface area contributed by atoms with Gasteiger partial charge in [0.25, 0.3) is 0 Å². The molecule has 26 heavy (non-hydrogen) atoms. The maximum Gasteiger partial charge on any atom is 0.223 e. The van der Waals surface area contributed by atoms with Crippen molar-refractivity contribution in [1.29, 1.82) is 0 Å². The molecule has 0 spiro atoms. The molecular weight excluding hydrogens is 333 g/mol. The summed E-state index contributed by atoms with van der Waals surface area (Å²) in [6.07, 6.45) is 0. The highest BCUT2D eigenvalue weighted by atomic mass is 19.1. The van der Waals surface area contributed by atoms with Crippen LogP contribution in [0, 0.1) is 12.7 Å². The summed E-state index contributed by atoms with van der Waals surface area (Å²) in [5, 5.41) is 0.950. The zero-order valence-corrected chi connectivity index (χ0v) is 14.7. The normalized spacial score (nSPS) is 15.7. The number of halogens is 1. The molecule has 4 rings (SSSR count). The third kappa shape index (κ3) is 3.15. The molecular formula is C18H22FN7. The molecule has 0 aliphatic carbocycles. The van der Waals surface area contributed by atoms with Gasteiger partial charge in [-0.25, -0.2) is 4.39 Å². The van der Waals surface area contributed by atoms with Gasteiger partial charge in [-0.3, -0.25) is 4.90 Å². The van der Waals surface area contributed by atoms with Crippen molar-refractivity contribution in [3.8, 4) is 0 Å². The van der Waals surface area contributed by atoms with Crippen LogP contribution in [0.15, 0.2) is 24.3 Å². The Hall–Kier alpha value is -2.87. The average molecular weight is 355 g/mol. The molecule has 7 nitrogen and oxygen atoms in total. The number of hydrogen-bond acceptors (Lipinski definition) is 6. The lowest BCUT2D eigenvalue weighted by atomic mass is 10.1. The molecule has 0 saturated carbocycles. The van der Waals surface area contributed by atoms with E-state index in [1.807, 2.05) is 6.92 Å². The minimum atomic E-state index is -0.205. The third-order valence-corrected chi connectivity index (χ3v) is 4.95. The smallest absolute Gasteiger partial charge is 0.223 e. The van der Waals surface area contributed by atoms with Crippen molar-refractivity contribution in [3.05, 3.63) is 41.3 Å². The minimum absolute atomic E-state index is 0.198. The number of aryl methyl sites for hydroxylation is 1. The summed E-state index contributed by atoms with van der Waals surface area (Å²) in [5.74, 6) is 1.15. The van der Waals surface area contributed by atoms with Gasteiger partial charge in [0.2, 0.25) is 5.95 Å². The third-order valence-electron chi connectivity index (χ3n) is 4.95. The van der Waals surface area contributed by atoms with Crippen LogP contribution in [-0.2, 0) is 6.54 Å². The van der Waals surface area contributed by atoms with Gasteiger partial charge < -0.3 is 21.4 Å². The Labute approximate surface area is 150 Å². The van der Waals surface area contributed by atoms with Gasteiger partial charge >= 0.3 is 0 Å². The number of fused-ring (bicyclic) bond motifs is 1. The number of hydrogen-bond donors (Lipinski definition) is 3. The lowest BCUT2D eigenvalue weighted by molar-refractivity contribution is 0.246. The molecule has 1 saturated heterocycles. The van der Waals surface area contributed by atoms with E-state index >= 15 is 0 Å². The molecule has 1 aliphatic rings. The lowest BCUT2D eigenvalue weighted by Gasteiger charge is -2.35. The Morgan fingerprint density at radius 3 is 2.62 bits per heavy atom. The van der Waals surface area contributed by atoms with Gasteiger partial charge in [-0.1, -0.05) is 0 Å². The van der Waals surface area contributed by atoms with Crippen LogP contribution in [0.25, 0.3) is 10.9 Å². The van der Waals surface area contributed by atoms with Crippen LogP contribution < -0.4 is 16.4 Å². The standard InChI is InChI=1S/C18H22FN7/c1-11-13-8-12(19)2-3-14(13)22-15(11)10-25-4-6-26(7-5-25)17-9-16(20)23-18(21)24-17/h2-3,8-9,22H,4-7,10H2,1H3,(H4,20,21,23,24). The van der Waals surface area contributed by atoms with Gasteiger partial charge in [-0.05, 0) is 30.7 Å². The molecule has 0 amide bonds. The van der Waals surface area contributed by atoms with Crippen molar-refractivity contribution < 1.29 is 4.39 Å². The molecule has 0 unspecified atom stereocenters. The van der Waals surface area contributed by atoms with E-state index in [4.69, 9.17) is 11.5 Å². The van der Waals surface area contributed by atoms with Crippen LogP contribution in [-0.4, -0.2) is 46.0 Å². The first-order chi connectivity index (χ1) is 12.5. The number of nitrogen functional groups attached to an aromatic ring is 2. The first-order valence-corrected chi connectivity index (χ1v) is 8.63. The zero-order chi connectivity index (χ0) is 18.3. The second-order valence-electron chi connectivity index (χ2n) is 6.69. The van der Waals surface area contributed by atoms with Crippen molar-refractivity contribution >= 4 is 28.5 Å². The van der Waals surface area contributed by atoms with E-state index in [1.165, 1.54) is 6.07 Å². The summed E-state index contributed by atoms with van der Waals surface area (Å²) in [4.78, 5) is 16.1. The highest BCUT2D eigenvalue weighted by Gasteiger charge is 2.20. The number of nitrogens with zero attached hydrogens (tertiary/aromatic N) is 4. The summed E-state index contributed by atoms with van der Waals surface area (Å²) >= 11 is 0. The highest BCUT2D eigenvalue weighted by molar-refractivity contribution is 5.84. The number of benzene rings is 1. The molecule has 136 valence electrons. The van der Waals surface area contributed by atoms with Crippen LogP contribution >= 0.6 is 0 Å². The van der Waals surface area contributed by atoms with Gasteiger partial charge in [-0.2, -0.15) is 9.97 Å². The number of piperazine rings is 1. The van der Waals surface area contributed by atoms with Gasteiger partial charge in [0, 0.05) is 55.4 Å². The average Bonchev–Trinajstić information content (AvgIpc) is 2.90. The molecule has 3 aromatic rings. The number of aromatic amines is 1. The number of nitrogens with one attached hydrogen (secondary N) is 1. The van der Waals surface area contributed by atoms with Crippen molar-refractivity contribution in [2.24, 2.45) is 0 Å². The molecule has 3 heterocycles. The van der Waals surface area contributed by atoms with Crippen LogP contribution in [0.1, 0.15) is 11.3 Å². The fourth-order valence-electron chi connectivity index (χ4n) is 3.50. The summed E-state index contributed by atoms with van der Waals surface area (Å²) in [6.45, 7) is 6.31. The van der Waals surface area contributed by atoms with Gasteiger partial charge in [0.15, 0.2) is 0 Å². The predicted octanol–water partition coefficient (Wildman–Crippen LogP) is 1.89. The van der Waals surface area contributed by atoms with E-state index in [1.54, 1.807) is 18.2 Å². The molecule has 1 fully saturated rings.